The van der Waals surface area contributed by atoms with Crippen molar-refractivity contribution in [1.82, 2.24) is 0 Å². The first-order valence-electron chi connectivity index (χ1n) is 7.80. The third-order valence-corrected chi connectivity index (χ3v) is 4.44. The van der Waals surface area contributed by atoms with Crippen LogP contribution in [0.3, 0.4) is 0 Å². The van der Waals surface area contributed by atoms with Gasteiger partial charge in [0.2, 0.25) is 0 Å². The van der Waals surface area contributed by atoms with E-state index in [-0.39, 0.29) is 61.5 Å². The van der Waals surface area contributed by atoms with Gasteiger partial charge in [-0.15, -0.1) is 39.7 Å². The molecule has 0 saturated carbocycles. The topological polar surface area (TPSA) is 0 Å². The summed E-state index contributed by atoms with van der Waals surface area (Å²) in [4.78, 5) is 0. The first kappa shape index (κ1) is 23.8. The Labute approximate surface area is 177 Å². The van der Waals surface area contributed by atoms with Gasteiger partial charge in [0, 0.05) is 25.8 Å². The predicted octanol–water partition coefficient (Wildman–Crippen LogP) is 0.312. The Morgan fingerprint density at radius 3 is 1.25 bits per heavy atom. The summed E-state index contributed by atoms with van der Waals surface area (Å²) in [6.07, 6.45) is 0. The zero-order valence-corrected chi connectivity index (χ0v) is 20.4. The molecular weight excluding hydrogens is 502 g/mol. The maximum absolute atomic E-state index is 2.38. The minimum atomic E-state index is 0. The van der Waals surface area contributed by atoms with E-state index in [0.29, 0.717) is 0 Å². The summed E-state index contributed by atoms with van der Waals surface area (Å²) in [6.45, 7) is 13.7. The van der Waals surface area contributed by atoms with E-state index in [1.54, 1.807) is 0 Å². The Morgan fingerprint density at radius 2 is 0.958 bits per heavy atom. The smallest absolute Gasteiger partial charge is 0 e. The van der Waals surface area contributed by atoms with E-state index in [4.69, 9.17) is 0 Å². The van der Waals surface area contributed by atoms with Crippen LogP contribution in [0.1, 0.15) is 52.7 Å². The van der Waals surface area contributed by atoms with Gasteiger partial charge in [-0.05, 0) is 10.8 Å². The first-order chi connectivity index (χ1) is 9.66. The fraction of sp³-hybridized carbons (Fsp3) is 0.381. The van der Waals surface area contributed by atoms with Gasteiger partial charge in [0.25, 0.3) is 0 Å². The van der Waals surface area contributed by atoms with Crippen LogP contribution >= 0.6 is 0 Å². The van der Waals surface area contributed by atoms with Gasteiger partial charge in [-0.3, -0.25) is 0 Å². The molecule has 0 spiro atoms. The van der Waals surface area contributed by atoms with Crippen molar-refractivity contribution in [3.05, 3.63) is 53.6 Å². The summed E-state index contributed by atoms with van der Waals surface area (Å²) in [5, 5.41) is 5.49. The number of hydrogen-bond acceptors (Lipinski definition) is 0. The molecule has 0 aromatic heterocycles. The van der Waals surface area contributed by atoms with Gasteiger partial charge >= 0.3 is 0 Å². The van der Waals surface area contributed by atoms with Gasteiger partial charge in [-0.1, -0.05) is 76.9 Å². The molecule has 0 atom stereocenters. The number of benzene rings is 2. The largest absolute Gasteiger partial charge is 1.00 e. The van der Waals surface area contributed by atoms with E-state index in [1.165, 1.54) is 32.7 Å². The Hall–Kier alpha value is -0.240. The van der Waals surface area contributed by atoms with Crippen LogP contribution in [0, 0.1) is 0 Å². The third kappa shape index (κ3) is 4.48. The Kier molecular flexibility index (Phi) is 7.90. The van der Waals surface area contributed by atoms with Crippen LogP contribution in [0.4, 0.5) is 0 Å². The Balaban J connectivity index is 0.00000176. The quantitative estimate of drug-likeness (QED) is 0.292. The van der Waals surface area contributed by atoms with Gasteiger partial charge < -0.3 is 24.8 Å². The van der Waals surface area contributed by atoms with Crippen molar-refractivity contribution < 1.29 is 50.7 Å². The molecule has 0 saturated heterocycles. The monoisotopic (exact) mass is 527 g/mol. The van der Waals surface area contributed by atoms with Crippen molar-refractivity contribution in [1.29, 1.82) is 0 Å². The molecular formula is C21H25Cl2Hf-3. The zero-order chi connectivity index (χ0) is 15.4. The molecule has 0 bridgehead atoms. The number of hydrogen-bond donors (Lipinski definition) is 0. The Bertz CT molecular complexity index is 749. The SMILES string of the molecule is CC(C)(C)c1ccc2[cH-]c3ccc(C(C)(C)C)cc3c2c1.[Cl-].[Cl-].[Hf]. The van der Waals surface area contributed by atoms with Crippen molar-refractivity contribution in [3.63, 3.8) is 0 Å². The van der Waals surface area contributed by atoms with Crippen LogP contribution in [-0.2, 0) is 36.7 Å². The van der Waals surface area contributed by atoms with E-state index in [1.807, 2.05) is 0 Å². The normalized spacial score (nSPS) is 11.6. The fourth-order valence-corrected chi connectivity index (χ4v) is 2.93. The molecule has 3 aromatic carbocycles. The molecule has 0 radical (unpaired) electrons. The van der Waals surface area contributed by atoms with Gasteiger partial charge in [0.05, 0.1) is 0 Å². The molecule has 3 rings (SSSR count). The standard InChI is InChI=1S/C21H25.2ClH.Hf/c1-20(2,3)16-9-7-14-11-15-8-10-17(21(4,5)6)13-19(15)18(14)12-16;;;/h7-13H,1-6H3;2*1H;/q-1;;;/p-2. The molecule has 0 fully saturated rings. The molecule has 0 aliphatic rings. The van der Waals surface area contributed by atoms with E-state index < -0.39 is 0 Å². The molecule has 0 N–H and O–H groups in total. The van der Waals surface area contributed by atoms with E-state index in [0.717, 1.165) is 0 Å². The van der Waals surface area contributed by atoms with E-state index >= 15 is 0 Å². The van der Waals surface area contributed by atoms with Crippen LogP contribution in [-0.4, -0.2) is 0 Å². The van der Waals surface area contributed by atoms with Gasteiger partial charge in [0.15, 0.2) is 0 Å². The van der Waals surface area contributed by atoms with Crippen molar-refractivity contribution in [3.8, 4) is 0 Å². The zero-order valence-electron chi connectivity index (χ0n) is 15.3. The molecule has 0 nitrogen and oxygen atoms in total. The summed E-state index contributed by atoms with van der Waals surface area (Å²) in [7, 11) is 0. The van der Waals surface area contributed by atoms with E-state index in [9.17, 15) is 0 Å². The molecule has 0 aliphatic carbocycles. The van der Waals surface area contributed by atoms with Gasteiger partial charge in [-0.2, -0.15) is 0 Å². The fourth-order valence-electron chi connectivity index (χ4n) is 2.93. The summed E-state index contributed by atoms with van der Waals surface area (Å²) < 4.78 is 0. The molecule has 130 valence electrons. The summed E-state index contributed by atoms with van der Waals surface area (Å²) in [6, 6.07) is 16.1. The summed E-state index contributed by atoms with van der Waals surface area (Å²) in [5.41, 5.74) is 3.20. The second-order valence-corrected chi connectivity index (χ2v) is 8.25. The molecule has 0 heterocycles. The second kappa shape index (κ2) is 7.98. The average molecular weight is 527 g/mol. The van der Waals surface area contributed by atoms with Gasteiger partial charge in [-0.25, -0.2) is 0 Å². The van der Waals surface area contributed by atoms with Crippen molar-refractivity contribution >= 4 is 21.5 Å². The van der Waals surface area contributed by atoms with Crippen molar-refractivity contribution in [2.75, 3.05) is 0 Å². The van der Waals surface area contributed by atoms with Crippen LogP contribution in [0.5, 0.6) is 0 Å². The number of rotatable bonds is 0. The van der Waals surface area contributed by atoms with Crippen molar-refractivity contribution in [2.24, 2.45) is 0 Å². The molecule has 3 aromatic rings. The maximum Gasteiger partial charge on any atom is 0 e. The van der Waals surface area contributed by atoms with Crippen molar-refractivity contribution in [2.45, 2.75) is 52.4 Å². The summed E-state index contributed by atoms with van der Waals surface area (Å²) in [5.74, 6) is 0. The van der Waals surface area contributed by atoms with E-state index in [2.05, 4.69) is 84.0 Å². The molecule has 3 heteroatoms. The summed E-state index contributed by atoms with van der Waals surface area (Å²) >= 11 is 0. The first-order valence-corrected chi connectivity index (χ1v) is 7.80. The molecule has 24 heavy (non-hydrogen) atoms. The van der Waals surface area contributed by atoms with Crippen LogP contribution in [0.2, 0.25) is 0 Å². The Morgan fingerprint density at radius 1 is 0.625 bits per heavy atom. The predicted molar refractivity (Wildman–Crippen MR) is 94.4 cm³/mol. The minimum absolute atomic E-state index is 0. The molecule has 0 aliphatic heterocycles. The second-order valence-electron chi connectivity index (χ2n) is 8.25. The third-order valence-electron chi connectivity index (χ3n) is 4.44. The number of halogens is 2. The van der Waals surface area contributed by atoms with Gasteiger partial charge in [0.1, 0.15) is 0 Å². The van der Waals surface area contributed by atoms with Crippen LogP contribution in [0.15, 0.2) is 42.5 Å². The van der Waals surface area contributed by atoms with Crippen LogP contribution < -0.4 is 24.8 Å². The molecule has 0 unspecified atom stereocenters. The maximum atomic E-state index is 2.38. The average Bonchev–Trinajstić information content (AvgIpc) is 2.73. The molecule has 0 amide bonds. The number of fused-ring (bicyclic) bond motifs is 3. The van der Waals surface area contributed by atoms with Crippen LogP contribution in [0.25, 0.3) is 21.5 Å². The minimum Gasteiger partial charge on any atom is -1.00 e.